The highest BCUT2D eigenvalue weighted by Gasteiger charge is 2.25. The van der Waals surface area contributed by atoms with E-state index < -0.39 is 0 Å². The molecule has 2 aromatic heterocycles. The van der Waals surface area contributed by atoms with Crippen molar-refractivity contribution in [1.29, 1.82) is 0 Å². The van der Waals surface area contributed by atoms with Gasteiger partial charge in [0, 0.05) is 67.0 Å². The fourth-order valence-electron chi connectivity index (χ4n) is 11.7. The first-order chi connectivity index (χ1) is 37.2. The quantitative estimate of drug-likeness (QED) is 0.151. The molecule has 0 bridgehead atoms. The van der Waals surface area contributed by atoms with Gasteiger partial charge in [0.25, 0.3) is 0 Å². The zero-order valence-corrected chi connectivity index (χ0v) is 47.6. The zero-order valence-electron chi connectivity index (χ0n) is 47.6. The van der Waals surface area contributed by atoms with Crippen LogP contribution in [0.4, 0.5) is 34.1 Å². The van der Waals surface area contributed by atoms with Gasteiger partial charge in [0.1, 0.15) is 0 Å². The van der Waals surface area contributed by atoms with Crippen molar-refractivity contribution in [3.8, 4) is 11.4 Å². The maximum absolute atomic E-state index is 2.47. The van der Waals surface area contributed by atoms with Gasteiger partial charge >= 0.3 is 0 Å². The molecule has 12 aromatic rings. The highest BCUT2D eigenvalue weighted by Crippen LogP contribution is 2.47. The fourth-order valence-corrected chi connectivity index (χ4v) is 11.7. The first kappa shape index (κ1) is 50.5. The van der Waals surface area contributed by atoms with Crippen LogP contribution in [-0.4, -0.2) is 9.13 Å². The molecule has 0 saturated heterocycles. The second kappa shape index (κ2) is 18.7. The van der Waals surface area contributed by atoms with Crippen LogP contribution in [0.3, 0.4) is 0 Å². The number of benzene rings is 10. The normalized spacial score (nSPS) is 12.6. The van der Waals surface area contributed by atoms with Gasteiger partial charge in [-0.05, 0) is 164 Å². The van der Waals surface area contributed by atoms with Crippen LogP contribution in [0.5, 0.6) is 0 Å². The molecule has 0 fully saturated rings. The van der Waals surface area contributed by atoms with Gasteiger partial charge in [-0.25, -0.2) is 0 Å². The monoisotopic (exact) mass is 1020 g/mol. The third-order valence-corrected chi connectivity index (χ3v) is 16.1. The van der Waals surface area contributed by atoms with Crippen LogP contribution in [0.1, 0.15) is 105 Å². The third-order valence-electron chi connectivity index (χ3n) is 16.1. The summed E-state index contributed by atoms with van der Waals surface area (Å²) in [4.78, 5) is 4.84. The van der Waals surface area contributed by atoms with Crippen LogP contribution in [0, 0.1) is 0 Å². The Morgan fingerprint density at radius 2 is 0.500 bits per heavy atom. The van der Waals surface area contributed by atoms with Crippen molar-refractivity contribution < 1.29 is 0 Å². The average Bonchev–Trinajstić information content (AvgIpc) is 4.10. The molecule has 0 aliphatic heterocycles. The zero-order chi connectivity index (χ0) is 54.5. The Balaban J connectivity index is 1.09. The largest absolute Gasteiger partial charge is 0.310 e. The van der Waals surface area contributed by atoms with Crippen molar-refractivity contribution in [2.45, 2.75) is 105 Å². The first-order valence-corrected chi connectivity index (χ1v) is 27.8. The molecule has 0 atom stereocenters. The number of fused-ring (bicyclic) bond motifs is 9. The lowest BCUT2D eigenvalue weighted by molar-refractivity contribution is 0.590. The van der Waals surface area contributed by atoms with Crippen molar-refractivity contribution in [2.24, 2.45) is 0 Å². The molecule has 78 heavy (non-hydrogen) atoms. The van der Waals surface area contributed by atoms with Gasteiger partial charge in [0.05, 0.1) is 22.1 Å². The molecule has 0 aliphatic carbocycles. The van der Waals surface area contributed by atoms with Gasteiger partial charge in [-0.3, -0.25) is 0 Å². The maximum atomic E-state index is 2.47. The van der Waals surface area contributed by atoms with Gasteiger partial charge in [0.15, 0.2) is 0 Å². The standard InChI is InChI=1S/C74H72N4/c1-71(2,3)49-23-31-55(32-24-49)75(56-33-25-50(26-34-56)72(4,5)6)59-39-41-63-67(47-59)77(53-19-15-13-16-20-53)65-45-43-62-61(69(63)65)44-46-66-70(62)64-42-40-60(48-68(64)78(66)54-21-17-14-18-22-54)76(57-35-27-51(28-36-57)73(7,8)9)58-37-29-52(30-38-58)74(10,11)12/h13-48H,1-12H3. The maximum Gasteiger partial charge on any atom is 0.0562 e. The van der Waals surface area contributed by atoms with Crippen LogP contribution in [0.15, 0.2) is 218 Å². The molecule has 0 aliphatic rings. The number of nitrogens with zero attached hydrogens (tertiary/aromatic N) is 4. The second-order valence-corrected chi connectivity index (χ2v) is 25.6. The lowest BCUT2D eigenvalue weighted by Gasteiger charge is -2.28. The molecule has 4 heteroatoms. The van der Waals surface area contributed by atoms with Crippen molar-refractivity contribution >= 4 is 88.5 Å². The summed E-state index contributed by atoms with van der Waals surface area (Å²) >= 11 is 0. The van der Waals surface area contributed by atoms with E-state index in [0.717, 1.165) is 56.5 Å². The second-order valence-electron chi connectivity index (χ2n) is 25.6. The molecule has 0 spiro atoms. The molecule has 0 saturated carbocycles. The minimum atomic E-state index is 0.0426. The van der Waals surface area contributed by atoms with Crippen LogP contribution in [-0.2, 0) is 21.7 Å². The number of anilines is 6. The smallest absolute Gasteiger partial charge is 0.0562 e. The number of rotatable bonds is 8. The third kappa shape index (κ3) is 8.91. The van der Waals surface area contributed by atoms with E-state index >= 15 is 0 Å². The summed E-state index contributed by atoms with van der Waals surface area (Å²) < 4.78 is 4.94. The lowest BCUT2D eigenvalue weighted by atomic mass is 9.86. The van der Waals surface area contributed by atoms with Crippen molar-refractivity contribution in [1.82, 2.24) is 9.13 Å². The minimum absolute atomic E-state index is 0.0426. The van der Waals surface area contributed by atoms with Gasteiger partial charge in [-0.15, -0.1) is 0 Å². The van der Waals surface area contributed by atoms with Crippen LogP contribution in [0.2, 0.25) is 0 Å². The first-order valence-electron chi connectivity index (χ1n) is 27.8. The molecule has 2 heterocycles. The highest BCUT2D eigenvalue weighted by atomic mass is 15.2. The molecule has 10 aromatic carbocycles. The van der Waals surface area contributed by atoms with Crippen LogP contribution in [0.25, 0.3) is 65.8 Å². The summed E-state index contributed by atoms with van der Waals surface area (Å²) in [6, 6.07) is 82.1. The molecule has 0 unspecified atom stereocenters. The Bertz CT molecular complexity index is 3780. The summed E-state index contributed by atoms with van der Waals surface area (Å²) in [6.07, 6.45) is 0. The van der Waals surface area contributed by atoms with Crippen LogP contribution >= 0.6 is 0 Å². The topological polar surface area (TPSA) is 16.3 Å². The molecule has 4 nitrogen and oxygen atoms in total. The van der Waals surface area contributed by atoms with E-state index in [2.05, 4.69) is 320 Å². The van der Waals surface area contributed by atoms with E-state index in [1.54, 1.807) is 0 Å². The Hall–Kier alpha value is -8.34. The van der Waals surface area contributed by atoms with E-state index in [-0.39, 0.29) is 21.7 Å². The van der Waals surface area contributed by atoms with Gasteiger partial charge in [0.2, 0.25) is 0 Å². The van der Waals surface area contributed by atoms with Crippen molar-refractivity contribution in [3.05, 3.63) is 241 Å². The fraction of sp³-hybridized carbons (Fsp3) is 0.216. The number of hydrogen-bond donors (Lipinski definition) is 0. The predicted molar refractivity (Wildman–Crippen MR) is 337 cm³/mol. The number of aromatic nitrogens is 2. The molecular weight excluding hydrogens is 945 g/mol. The molecule has 0 N–H and O–H groups in total. The van der Waals surface area contributed by atoms with Crippen molar-refractivity contribution in [3.63, 3.8) is 0 Å². The van der Waals surface area contributed by atoms with Gasteiger partial charge < -0.3 is 18.9 Å². The molecule has 388 valence electrons. The van der Waals surface area contributed by atoms with E-state index in [1.165, 1.54) is 65.6 Å². The summed E-state index contributed by atoms with van der Waals surface area (Å²) in [6.45, 7) is 27.4. The molecular formula is C74H72N4. The Morgan fingerprint density at radius 3 is 0.769 bits per heavy atom. The molecule has 12 rings (SSSR count). The van der Waals surface area contributed by atoms with Gasteiger partial charge in [-0.2, -0.15) is 0 Å². The highest BCUT2D eigenvalue weighted by molar-refractivity contribution is 6.30. The van der Waals surface area contributed by atoms with E-state index in [0.29, 0.717) is 0 Å². The Kier molecular flexibility index (Phi) is 12.1. The van der Waals surface area contributed by atoms with Crippen LogP contribution < -0.4 is 9.80 Å². The van der Waals surface area contributed by atoms with E-state index in [4.69, 9.17) is 0 Å². The predicted octanol–water partition coefficient (Wildman–Crippen LogP) is 21.2. The van der Waals surface area contributed by atoms with Gasteiger partial charge in [-0.1, -0.05) is 192 Å². The van der Waals surface area contributed by atoms with E-state index in [9.17, 15) is 0 Å². The number of hydrogen-bond acceptors (Lipinski definition) is 2. The summed E-state index contributed by atoms with van der Waals surface area (Å²) in [5.41, 5.74) is 19.1. The SMILES string of the molecule is CC(C)(C)c1ccc(N(c2ccc(C(C)(C)C)cc2)c2ccc3c4c5ccc6c(c5ccc4n(-c4ccccc4)c3c2)c2ccc(N(c3ccc(C(C)(C)C)cc3)c3ccc(C(C)(C)C)cc3)cc2n6-c2ccccc2)cc1. The summed E-state index contributed by atoms with van der Waals surface area (Å²) in [5, 5.41) is 7.39. The molecule has 0 amide bonds. The summed E-state index contributed by atoms with van der Waals surface area (Å²) in [5.74, 6) is 0. The molecule has 0 radical (unpaired) electrons. The van der Waals surface area contributed by atoms with Crippen molar-refractivity contribution in [2.75, 3.05) is 9.80 Å². The average molecular weight is 1020 g/mol. The number of para-hydroxylation sites is 2. The Labute approximate surface area is 461 Å². The minimum Gasteiger partial charge on any atom is -0.310 e. The lowest BCUT2D eigenvalue weighted by Crippen LogP contribution is -2.14. The van der Waals surface area contributed by atoms with E-state index in [1.807, 2.05) is 0 Å². The summed E-state index contributed by atoms with van der Waals surface area (Å²) in [7, 11) is 0. The Morgan fingerprint density at radius 1 is 0.244 bits per heavy atom.